The number of aromatic nitrogens is 1. The number of thiazole rings is 1. The Hall–Kier alpha value is -3.58. The number of furan rings is 2. The quantitative estimate of drug-likeness (QED) is 0.246. The molecule has 0 bridgehead atoms. The molecule has 5 aromatic rings. The third-order valence-corrected chi connectivity index (χ3v) is 10.4. The van der Waals surface area contributed by atoms with E-state index in [0.717, 1.165) is 26.6 Å². The number of para-hydroxylation sites is 1. The molecule has 6 heterocycles. The van der Waals surface area contributed by atoms with Crippen molar-refractivity contribution in [3.8, 4) is 23.0 Å². The second kappa shape index (κ2) is 8.21. The number of anilines is 1. The number of halogens is 1. The molecule has 0 radical (unpaired) electrons. The van der Waals surface area contributed by atoms with Crippen molar-refractivity contribution in [3.05, 3.63) is 68.8 Å². The molecule has 0 saturated heterocycles. The lowest BCUT2D eigenvalue weighted by Gasteiger charge is -2.38. The summed E-state index contributed by atoms with van der Waals surface area (Å²) in [5.74, 6) is 1.29. The molecule has 2 aliphatic rings. The van der Waals surface area contributed by atoms with E-state index in [-0.39, 0.29) is 20.7 Å². The van der Waals surface area contributed by atoms with E-state index in [0.29, 0.717) is 33.0 Å². The SMILES string of the molecule is CC1OC2=C(C(=O)N1c1nc(-c3ccc(-c4cc5ccccc5o4)o3)cs1)N(C)S(=O)(=O)c1cc(Cl)sc12. The molecule has 0 N–H and O–H groups in total. The standard InChI is InChI=1S/C25H16ClN3O6S3/c1-12-29(24(30)21-22(33-12)23-19(10-20(26)37-23)38(31,32)28(21)2)25-27-14(11-36-25)16-7-8-17(35-16)18-9-13-5-3-4-6-15(13)34-18/h3-12H,1-2H3. The number of ether oxygens (including phenoxy) is 1. The number of nitrogens with zero attached hydrogens (tertiary/aromatic N) is 3. The van der Waals surface area contributed by atoms with Crippen LogP contribution in [-0.2, 0) is 19.6 Å². The summed E-state index contributed by atoms with van der Waals surface area (Å²) >= 11 is 8.39. The van der Waals surface area contributed by atoms with Crippen LogP contribution in [-0.4, -0.2) is 36.9 Å². The number of amides is 1. The Bertz CT molecular complexity index is 1880. The molecule has 0 aliphatic carbocycles. The molecule has 0 fully saturated rings. The summed E-state index contributed by atoms with van der Waals surface area (Å²) < 4.78 is 45.4. The van der Waals surface area contributed by atoms with Crippen molar-refractivity contribution in [2.75, 3.05) is 11.9 Å². The van der Waals surface area contributed by atoms with Crippen molar-refractivity contribution in [1.29, 1.82) is 0 Å². The van der Waals surface area contributed by atoms with Gasteiger partial charge >= 0.3 is 0 Å². The highest BCUT2D eigenvalue weighted by Gasteiger charge is 2.47. The predicted octanol–water partition coefficient (Wildman–Crippen LogP) is 6.24. The van der Waals surface area contributed by atoms with E-state index in [1.165, 1.54) is 29.4 Å². The van der Waals surface area contributed by atoms with E-state index in [4.69, 9.17) is 25.2 Å². The number of hydrogen-bond acceptors (Lipinski definition) is 9. The number of carbonyl (C=O) groups excluding carboxylic acids is 1. The topological polar surface area (TPSA) is 106 Å². The minimum absolute atomic E-state index is 0.0248. The van der Waals surface area contributed by atoms with Gasteiger partial charge in [0.2, 0.25) is 0 Å². The maximum Gasteiger partial charge on any atom is 0.284 e. The van der Waals surface area contributed by atoms with Crippen LogP contribution in [0.5, 0.6) is 0 Å². The van der Waals surface area contributed by atoms with Crippen molar-refractivity contribution in [2.45, 2.75) is 18.0 Å². The predicted molar refractivity (Wildman–Crippen MR) is 144 cm³/mol. The van der Waals surface area contributed by atoms with Crippen molar-refractivity contribution in [1.82, 2.24) is 9.29 Å². The van der Waals surface area contributed by atoms with E-state index < -0.39 is 22.2 Å². The van der Waals surface area contributed by atoms with Gasteiger partial charge in [-0.1, -0.05) is 29.8 Å². The summed E-state index contributed by atoms with van der Waals surface area (Å²) in [7, 11) is -2.64. The van der Waals surface area contributed by atoms with Gasteiger partial charge in [-0.15, -0.1) is 22.7 Å². The van der Waals surface area contributed by atoms with Gasteiger partial charge in [-0.3, -0.25) is 9.10 Å². The molecule has 0 spiro atoms. The van der Waals surface area contributed by atoms with Gasteiger partial charge in [-0.2, -0.15) is 0 Å². The average molecular weight is 586 g/mol. The number of thiophene rings is 1. The van der Waals surface area contributed by atoms with E-state index in [2.05, 4.69) is 4.98 Å². The molecular formula is C25H16ClN3O6S3. The van der Waals surface area contributed by atoms with Crippen molar-refractivity contribution in [2.24, 2.45) is 0 Å². The molecule has 0 saturated carbocycles. The van der Waals surface area contributed by atoms with E-state index >= 15 is 0 Å². The van der Waals surface area contributed by atoms with Crippen LogP contribution in [0.1, 0.15) is 11.8 Å². The van der Waals surface area contributed by atoms with Crippen LogP contribution in [0, 0.1) is 0 Å². The normalized spacial score (nSPS) is 18.6. The monoisotopic (exact) mass is 585 g/mol. The molecule has 2 aliphatic heterocycles. The van der Waals surface area contributed by atoms with Gasteiger partial charge in [-0.25, -0.2) is 18.3 Å². The van der Waals surface area contributed by atoms with Crippen molar-refractivity contribution >= 4 is 72.1 Å². The number of rotatable bonds is 3. The number of benzene rings is 1. The van der Waals surface area contributed by atoms with Gasteiger partial charge < -0.3 is 13.6 Å². The van der Waals surface area contributed by atoms with Crippen LogP contribution in [0.15, 0.2) is 73.3 Å². The fourth-order valence-corrected chi connectivity index (χ4v) is 8.36. The minimum atomic E-state index is -3.96. The Balaban J connectivity index is 1.23. The molecule has 7 rings (SSSR count). The minimum Gasteiger partial charge on any atom is -0.466 e. The fourth-order valence-electron chi connectivity index (χ4n) is 4.50. The number of likely N-dealkylation sites (N-methyl/N-ethyl adjacent to an activating group) is 1. The molecule has 192 valence electrons. The van der Waals surface area contributed by atoms with Crippen molar-refractivity contribution < 1.29 is 26.8 Å². The number of fused-ring (bicyclic) bond motifs is 3. The molecule has 4 aromatic heterocycles. The fraction of sp³-hybridized carbons (Fsp3) is 0.120. The van der Waals surface area contributed by atoms with Gasteiger partial charge in [0.25, 0.3) is 15.9 Å². The number of carbonyl (C=O) groups is 1. The summed E-state index contributed by atoms with van der Waals surface area (Å²) in [6, 6.07) is 14.5. The first-order valence-corrected chi connectivity index (χ1v) is 14.8. The Morgan fingerprint density at radius 1 is 1.05 bits per heavy atom. The highest BCUT2D eigenvalue weighted by Crippen LogP contribution is 2.47. The Labute approximate surface area is 229 Å². The Morgan fingerprint density at radius 3 is 2.66 bits per heavy atom. The summed E-state index contributed by atoms with van der Waals surface area (Å²) in [5.41, 5.74) is 1.19. The maximum absolute atomic E-state index is 13.7. The average Bonchev–Trinajstić information content (AvgIpc) is 3.67. The Morgan fingerprint density at radius 2 is 1.84 bits per heavy atom. The van der Waals surface area contributed by atoms with Crippen LogP contribution in [0.2, 0.25) is 4.34 Å². The van der Waals surface area contributed by atoms with Crippen molar-refractivity contribution in [3.63, 3.8) is 0 Å². The van der Waals surface area contributed by atoms with Gasteiger partial charge in [0.05, 0.1) is 9.21 Å². The summed E-state index contributed by atoms with van der Waals surface area (Å²) in [4.78, 5) is 20.0. The number of sulfonamides is 1. The first kappa shape index (κ1) is 23.5. The van der Waals surface area contributed by atoms with Crippen LogP contribution in [0.25, 0.3) is 39.7 Å². The van der Waals surface area contributed by atoms with Gasteiger partial charge in [-0.05, 0) is 37.3 Å². The van der Waals surface area contributed by atoms with Crippen LogP contribution >= 0.6 is 34.3 Å². The lowest BCUT2D eigenvalue weighted by Crippen LogP contribution is -2.50. The molecule has 1 aromatic carbocycles. The molecule has 1 atom stereocenters. The second-order valence-electron chi connectivity index (χ2n) is 8.61. The van der Waals surface area contributed by atoms with Gasteiger partial charge in [0.1, 0.15) is 16.2 Å². The molecule has 13 heteroatoms. The van der Waals surface area contributed by atoms with E-state index in [1.54, 1.807) is 24.4 Å². The van der Waals surface area contributed by atoms with Crippen LogP contribution in [0.4, 0.5) is 5.13 Å². The zero-order valence-electron chi connectivity index (χ0n) is 19.7. The third kappa shape index (κ3) is 3.37. The molecule has 1 amide bonds. The highest BCUT2D eigenvalue weighted by molar-refractivity contribution is 7.89. The molecule has 1 unspecified atom stereocenters. The lowest BCUT2D eigenvalue weighted by atomic mass is 10.2. The molecular weight excluding hydrogens is 570 g/mol. The lowest BCUT2D eigenvalue weighted by molar-refractivity contribution is -0.119. The molecule has 38 heavy (non-hydrogen) atoms. The third-order valence-electron chi connectivity index (χ3n) is 6.34. The highest BCUT2D eigenvalue weighted by atomic mass is 35.5. The summed E-state index contributed by atoms with van der Waals surface area (Å²) in [6.45, 7) is 1.70. The Kier molecular flexibility index (Phi) is 5.08. The van der Waals surface area contributed by atoms with Crippen LogP contribution in [0.3, 0.4) is 0 Å². The first-order valence-electron chi connectivity index (χ1n) is 11.3. The van der Waals surface area contributed by atoms with E-state index in [1.807, 2.05) is 30.3 Å². The van der Waals surface area contributed by atoms with Crippen LogP contribution < -0.4 is 4.90 Å². The number of hydrogen-bond donors (Lipinski definition) is 0. The van der Waals surface area contributed by atoms with Gasteiger partial charge in [0, 0.05) is 17.8 Å². The summed E-state index contributed by atoms with van der Waals surface area (Å²) in [6.07, 6.45) is -0.745. The van der Waals surface area contributed by atoms with Gasteiger partial charge in [0.15, 0.2) is 40.1 Å². The summed E-state index contributed by atoms with van der Waals surface area (Å²) in [5, 5.41) is 3.07. The first-order chi connectivity index (χ1) is 18.2. The second-order valence-corrected chi connectivity index (χ2v) is 13.1. The maximum atomic E-state index is 13.7. The zero-order valence-corrected chi connectivity index (χ0v) is 22.9. The smallest absolute Gasteiger partial charge is 0.284 e. The zero-order chi connectivity index (χ0) is 26.3. The molecule has 9 nitrogen and oxygen atoms in total. The largest absolute Gasteiger partial charge is 0.466 e. The van der Waals surface area contributed by atoms with E-state index in [9.17, 15) is 13.2 Å².